The number of nitrogens with zero attached hydrogens (tertiary/aromatic N) is 1. The zero-order chi connectivity index (χ0) is 18.6. The number of carbonyl (C=O) groups is 1. The summed E-state index contributed by atoms with van der Waals surface area (Å²) >= 11 is 6.11. The summed E-state index contributed by atoms with van der Waals surface area (Å²) < 4.78 is 0. The first-order chi connectivity index (χ1) is 13.2. The minimum Gasteiger partial charge on any atom is -0.360 e. The molecule has 1 aliphatic heterocycles. The molecule has 2 N–H and O–H groups in total. The Hall–Kier alpha value is -2.04. The Labute approximate surface area is 166 Å². The predicted octanol–water partition coefficient (Wildman–Crippen LogP) is 2.24. The van der Waals surface area contributed by atoms with Crippen LogP contribution in [0.5, 0.6) is 0 Å². The lowest BCUT2D eigenvalue weighted by molar-refractivity contribution is -0.892. The Kier molecular flexibility index (Phi) is 5.65. The lowest BCUT2D eigenvalue weighted by atomic mass is 9.88. The number of carbonyl (C=O) groups excluding carboxylic acids is 1. The molecule has 1 heterocycles. The molecule has 27 heavy (non-hydrogen) atoms. The number of benzene rings is 2. The predicted molar refractivity (Wildman–Crippen MR) is 109 cm³/mol. The number of anilines is 1. The van der Waals surface area contributed by atoms with Crippen molar-refractivity contribution in [2.24, 2.45) is 0 Å². The number of piperazine rings is 1. The van der Waals surface area contributed by atoms with Crippen molar-refractivity contribution in [3.8, 4) is 0 Å². The number of nitrogens with one attached hydrogen (secondary N) is 2. The summed E-state index contributed by atoms with van der Waals surface area (Å²) in [5, 5.41) is 4.05. The topological polar surface area (TPSA) is 36.8 Å². The number of fused-ring (bicyclic) bond motifs is 1. The van der Waals surface area contributed by atoms with E-state index in [1.165, 1.54) is 21.7 Å². The molecule has 1 aliphatic carbocycles. The van der Waals surface area contributed by atoms with E-state index in [0.717, 1.165) is 50.5 Å². The molecule has 1 fully saturated rings. The molecule has 4 rings (SSSR count). The van der Waals surface area contributed by atoms with Crippen LogP contribution in [0.2, 0.25) is 5.02 Å². The van der Waals surface area contributed by atoms with Crippen LogP contribution in [0.4, 0.5) is 5.69 Å². The van der Waals surface area contributed by atoms with Gasteiger partial charge in [0, 0.05) is 10.7 Å². The Morgan fingerprint density at radius 2 is 1.96 bits per heavy atom. The van der Waals surface area contributed by atoms with Crippen molar-refractivity contribution in [2.45, 2.75) is 25.3 Å². The van der Waals surface area contributed by atoms with Gasteiger partial charge in [0.15, 0.2) is 6.54 Å². The zero-order valence-electron chi connectivity index (χ0n) is 15.6. The van der Waals surface area contributed by atoms with E-state index >= 15 is 0 Å². The third kappa shape index (κ3) is 4.45. The SMILES string of the molecule is O=C(C[NH+]1CCN(c2cccc(Cl)c2)CC1)N[C@@H]1CCCc2ccccc21. The van der Waals surface area contributed by atoms with Crippen LogP contribution in [0.25, 0.3) is 0 Å². The average Bonchev–Trinajstić information content (AvgIpc) is 2.69. The number of rotatable bonds is 4. The van der Waals surface area contributed by atoms with E-state index in [1.54, 1.807) is 0 Å². The summed E-state index contributed by atoms with van der Waals surface area (Å²) in [6.45, 7) is 4.41. The van der Waals surface area contributed by atoms with Gasteiger partial charge in [-0.25, -0.2) is 0 Å². The molecule has 0 radical (unpaired) electrons. The maximum atomic E-state index is 12.6. The Balaban J connectivity index is 1.29. The Morgan fingerprint density at radius 1 is 1.15 bits per heavy atom. The molecular formula is C22H27ClN3O+. The number of amides is 1. The van der Waals surface area contributed by atoms with Crippen LogP contribution in [-0.2, 0) is 11.2 Å². The summed E-state index contributed by atoms with van der Waals surface area (Å²) in [5.41, 5.74) is 3.86. The minimum atomic E-state index is 0.169. The number of hydrogen-bond acceptors (Lipinski definition) is 2. The first-order valence-corrected chi connectivity index (χ1v) is 10.3. The summed E-state index contributed by atoms with van der Waals surface area (Å²) in [4.78, 5) is 16.3. The first kappa shape index (κ1) is 18.3. The average molecular weight is 385 g/mol. The van der Waals surface area contributed by atoms with Crippen molar-refractivity contribution < 1.29 is 9.69 Å². The van der Waals surface area contributed by atoms with Gasteiger partial charge in [0.25, 0.3) is 5.91 Å². The molecule has 0 unspecified atom stereocenters. The lowest BCUT2D eigenvalue weighted by Crippen LogP contribution is -3.16. The fourth-order valence-electron chi connectivity index (χ4n) is 4.31. The summed E-state index contributed by atoms with van der Waals surface area (Å²) in [6.07, 6.45) is 3.31. The second kappa shape index (κ2) is 8.32. The molecule has 1 atom stereocenters. The molecule has 142 valence electrons. The van der Waals surface area contributed by atoms with E-state index in [0.29, 0.717) is 6.54 Å². The van der Waals surface area contributed by atoms with Crippen molar-refractivity contribution in [2.75, 3.05) is 37.6 Å². The maximum Gasteiger partial charge on any atom is 0.275 e. The van der Waals surface area contributed by atoms with Gasteiger partial charge in [-0.1, -0.05) is 41.9 Å². The van der Waals surface area contributed by atoms with E-state index in [2.05, 4.69) is 40.5 Å². The van der Waals surface area contributed by atoms with Crippen LogP contribution in [0.15, 0.2) is 48.5 Å². The number of quaternary nitrogens is 1. The highest BCUT2D eigenvalue weighted by Gasteiger charge is 2.25. The number of hydrogen-bond donors (Lipinski definition) is 2. The van der Waals surface area contributed by atoms with Crippen molar-refractivity contribution >= 4 is 23.2 Å². The lowest BCUT2D eigenvalue weighted by Gasteiger charge is -2.34. The molecule has 0 saturated carbocycles. The first-order valence-electron chi connectivity index (χ1n) is 9.90. The van der Waals surface area contributed by atoms with Gasteiger partial charge >= 0.3 is 0 Å². The highest BCUT2D eigenvalue weighted by Crippen LogP contribution is 2.29. The molecule has 0 spiro atoms. The molecule has 5 heteroatoms. The van der Waals surface area contributed by atoms with Gasteiger partial charge in [-0.2, -0.15) is 0 Å². The quantitative estimate of drug-likeness (QED) is 0.848. The van der Waals surface area contributed by atoms with Crippen LogP contribution in [0.3, 0.4) is 0 Å². The molecule has 1 amide bonds. The number of aryl methyl sites for hydroxylation is 1. The molecule has 4 nitrogen and oxygen atoms in total. The van der Waals surface area contributed by atoms with Gasteiger partial charge in [0.05, 0.1) is 32.2 Å². The normalized spacial score (nSPS) is 20.2. The van der Waals surface area contributed by atoms with Crippen LogP contribution in [-0.4, -0.2) is 38.6 Å². The standard InChI is InChI=1S/C22H26ClN3O/c23-18-7-4-8-19(15-18)26-13-11-25(12-14-26)16-22(27)24-21-10-3-6-17-5-1-2-9-20(17)21/h1-2,4-5,7-9,15,21H,3,6,10-14,16H2,(H,24,27)/p+1/t21-/m1/s1. The number of halogens is 1. The van der Waals surface area contributed by atoms with Crippen molar-refractivity contribution in [3.63, 3.8) is 0 Å². The van der Waals surface area contributed by atoms with Gasteiger partial charge in [-0.05, 0) is 48.6 Å². The van der Waals surface area contributed by atoms with E-state index in [-0.39, 0.29) is 11.9 Å². The molecule has 0 aromatic heterocycles. The zero-order valence-corrected chi connectivity index (χ0v) is 16.3. The molecule has 2 aromatic carbocycles. The smallest absolute Gasteiger partial charge is 0.275 e. The summed E-state index contributed by atoms with van der Waals surface area (Å²) in [5.74, 6) is 0.169. The van der Waals surface area contributed by atoms with Gasteiger partial charge < -0.3 is 15.1 Å². The van der Waals surface area contributed by atoms with Gasteiger partial charge in [-0.3, -0.25) is 4.79 Å². The molecule has 1 saturated heterocycles. The van der Waals surface area contributed by atoms with Crippen LogP contribution in [0, 0.1) is 0 Å². The third-order valence-electron chi connectivity index (χ3n) is 5.76. The van der Waals surface area contributed by atoms with Crippen LogP contribution in [0.1, 0.15) is 30.0 Å². The summed E-state index contributed by atoms with van der Waals surface area (Å²) in [6, 6.07) is 16.7. The van der Waals surface area contributed by atoms with E-state index in [4.69, 9.17) is 11.6 Å². The van der Waals surface area contributed by atoms with Gasteiger partial charge in [-0.15, -0.1) is 0 Å². The highest BCUT2D eigenvalue weighted by molar-refractivity contribution is 6.30. The molecule has 0 bridgehead atoms. The fourth-order valence-corrected chi connectivity index (χ4v) is 4.49. The molecule has 2 aliphatic rings. The second-order valence-corrected chi connectivity index (χ2v) is 8.04. The molecule has 2 aromatic rings. The van der Waals surface area contributed by atoms with Crippen LogP contribution >= 0.6 is 11.6 Å². The van der Waals surface area contributed by atoms with Crippen molar-refractivity contribution in [3.05, 3.63) is 64.7 Å². The fraction of sp³-hybridized carbons (Fsp3) is 0.409. The highest BCUT2D eigenvalue weighted by atomic mass is 35.5. The Bertz CT molecular complexity index is 802. The second-order valence-electron chi connectivity index (χ2n) is 7.60. The monoisotopic (exact) mass is 384 g/mol. The van der Waals surface area contributed by atoms with Crippen molar-refractivity contribution in [1.29, 1.82) is 0 Å². The summed E-state index contributed by atoms with van der Waals surface area (Å²) in [7, 11) is 0. The van der Waals surface area contributed by atoms with Gasteiger partial charge in [0.1, 0.15) is 0 Å². The van der Waals surface area contributed by atoms with E-state index in [9.17, 15) is 4.79 Å². The van der Waals surface area contributed by atoms with Gasteiger partial charge in [0.2, 0.25) is 0 Å². The third-order valence-corrected chi connectivity index (χ3v) is 5.99. The van der Waals surface area contributed by atoms with Crippen LogP contribution < -0.4 is 15.1 Å². The maximum absolute atomic E-state index is 12.6. The minimum absolute atomic E-state index is 0.169. The Morgan fingerprint density at radius 3 is 2.78 bits per heavy atom. The van der Waals surface area contributed by atoms with Crippen molar-refractivity contribution in [1.82, 2.24) is 5.32 Å². The largest absolute Gasteiger partial charge is 0.360 e. The molecular weight excluding hydrogens is 358 g/mol. The van der Waals surface area contributed by atoms with E-state index < -0.39 is 0 Å². The van der Waals surface area contributed by atoms with E-state index in [1.807, 2.05) is 18.2 Å².